The van der Waals surface area contributed by atoms with Crippen molar-refractivity contribution in [1.82, 2.24) is 4.90 Å². The third kappa shape index (κ3) is 1.18. The summed E-state index contributed by atoms with van der Waals surface area (Å²) in [5, 5.41) is 0. The molecule has 3 rings (SSSR count). The molecule has 1 saturated heterocycles. The Morgan fingerprint density at radius 1 is 1.08 bits per heavy atom. The molecule has 0 aromatic heterocycles. The highest BCUT2D eigenvalue weighted by Gasteiger charge is 2.30. The van der Waals surface area contributed by atoms with Gasteiger partial charge >= 0.3 is 0 Å². The molecule has 0 atom stereocenters. The van der Waals surface area contributed by atoms with Crippen LogP contribution in [0.15, 0.2) is 24.3 Å². The van der Waals surface area contributed by atoms with Crippen LogP contribution in [0.1, 0.15) is 11.1 Å². The van der Waals surface area contributed by atoms with Crippen molar-refractivity contribution in [3.05, 3.63) is 35.4 Å². The molecular weight excluding hydrogens is 162 g/mol. The molecule has 0 N–H and O–H groups in total. The Morgan fingerprint density at radius 3 is 2.15 bits per heavy atom. The maximum atomic E-state index is 5.20. The van der Waals surface area contributed by atoms with E-state index in [1.807, 2.05) is 0 Å². The first-order valence-corrected chi connectivity index (χ1v) is 4.82. The molecule has 0 bridgehead atoms. The molecule has 0 radical (unpaired) electrons. The van der Waals surface area contributed by atoms with Gasteiger partial charge < -0.3 is 4.74 Å². The summed E-state index contributed by atoms with van der Waals surface area (Å²) in [5.41, 5.74) is 2.99. The number of nitrogens with zero attached hydrogens (tertiary/aromatic N) is 1. The second kappa shape index (κ2) is 2.82. The van der Waals surface area contributed by atoms with Gasteiger partial charge in [0.1, 0.15) is 0 Å². The van der Waals surface area contributed by atoms with Crippen LogP contribution in [0, 0.1) is 0 Å². The molecule has 0 aliphatic carbocycles. The number of fused-ring (bicyclic) bond motifs is 1. The molecule has 2 heteroatoms. The summed E-state index contributed by atoms with van der Waals surface area (Å²) in [7, 11) is 0. The van der Waals surface area contributed by atoms with E-state index in [1.54, 1.807) is 0 Å². The molecule has 2 nitrogen and oxygen atoms in total. The SMILES string of the molecule is c1ccc2c(c1)CN(C1COC1)C2. The van der Waals surface area contributed by atoms with Gasteiger partial charge in [0.15, 0.2) is 0 Å². The van der Waals surface area contributed by atoms with Gasteiger partial charge in [-0.1, -0.05) is 24.3 Å². The quantitative estimate of drug-likeness (QED) is 0.639. The van der Waals surface area contributed by atoms with Crippen LogP contribution in [-0.2, 0) is 17.8 Å². The number of rotatable bonds is 1. The number of benzene rings is 1. The van der Waals surface area contributed by atoms with E-state index >= 15 is 0 Å². The highest BCUT2D eigenvalue weighted by Crippen LogP contribution is 2.26. The second-order valence-electron chi connectivity index (χ2n) is 3.86. The van der Waals surface area contributed by atoms with Crippen molar-refractivity contribution >= 4 is 0 Å². The number of ether oxygens (including phenoxy) is 1. The Hall–Kier alpha value is -0.860. The lowest BCUT2D eigenvalue weighted by atomic mass is 10.1. The third-order valence-electron chi connectivity index (χ3n) is 3.00. The molecule has 0 unspecified atom stereocenters. The summed E-state index contributed by atoms with van der Waals surface area (Å²) in [6, 6.07) is 9.38. The molecule has 0 spiro atoms. The van der Waals surface area contributed by atoms with E-state index < -0.39 is 0 Å². The summed E-state index contributed by atoms with van der Waals surface area (Å²) in [6.07, 6.45) is 0. The van der Waals surface area contributed by atoms with Gasteiger partial charge in [0.2, 0.25) is 0 Å². The Morgan fingerprint density at radius 2 is 1.69 bits per heavy atom. The summed E-state index contributed by atoms with van der Waals surface area (Å²) >= 11 is 0. The third-order valence-corrected chi connectivity index (χ3v) is 3.00. The van der Waals surface area contributed by atoms with E-state index in [2.05, 4.69) is 29.2 Å². The van der Waals surface area contributed by atoms with Crippen molar-refractivity contribution in [2.45, 2.75) is 19.1 Å². The zero-order valence-corrected chi connectivity index (χ0v) is 7.57. The van der Waals surface area contributed by atoms with Crippen LogP contribution in [0.25, 0.3) is 0 Å². The van der Waals surface area contributed by atoms with Gasteiger partial charge in [-0.25, -0.2) is 0 Å². The van der Waals surface area contributed by atoms with Crippen molar-refractivity contribution in [2.24, 2.45) is 0 Å². The van der Waals surface area contributed by atoms with Gasteiger partial charge in [-0.2, -0.15) is 0 Å². The highest BCUT2D eigenvalue weighted by molar-refractivity contribution is 5.30. The van der Waals surface area contributed by atoms with Crippen LogP contribution in [0.4, 0.5) is 0 Å². The monoisotopic (exact) mass is 175 g/mol. The summed E-state index contributed by atoms with van der Waals surface area (Å²) < 4.78 is 5.20. The Kier molecular flexibility index (Phi) is 1.64. The zero-order valence-electron chi connectivity index (χ0n) is 7.57. The highest BCUT2D eigenvalue weighted by atomic mass is 16.5. The van der Waals surface area contributed by atoms with Gasteiger partial charge in [0.25, 0.3) is 0 Å². The lowest BCUT2D eigenvalue weighted by molar-refractivity contribution is -0.0669. The van der Waals surface area contributed by atoms with Crippen LogP contribution in [0.2, 0.25) is 0 Å². The molecule has 2 heterocycles. The van der Waals surface area contributed by atoms with E-state index in [-0.39, 0.29) is 0 Å². The first-order chi connectivity index (χ1) is 6.43. The van der Waals surface area contributed by atoms with Gasteiger partial charge in [0, 0.05) is 13.1 Å². The average molecular weight is 175 g/mol. The van der Waals surface area contributed by atoms with Gasteiger partial charge in [-0.15, -0.1) is 0 Å². The lowest BCUT2D eigenvalue weighted by Gasteiger charge is -2.34. The molecule has 0 saturated carbocycles. The van der Waals surface area contributed by atoms with Crippen molar-refractivity contribution in [3.8, 4) is 0 Å². The van der Waals surface area contributed by atoms with Gasteiger partial charge in [0.05, 0.1) is 19.3 Å². The van der Waals surface area contributed by atoms with Gasteiger partial charge in [-0.3, -0.25) is 4.90 Å². The Labute approximate surface area is 78.1 Å². The topological polar surface area (TPSA) is 12.5 Å². The summed E-state index contributed by atoms with van der Waals surface area (Å²) in [4.78, 5) is 2.51. The van der Waals surface area contributed by atoms with Crippen molar-refractivity contribution < 1.29 is 4.74 Å². The van der Waals surface area contributed by atoms with E-state index in [4.69, 9.17) is 4.74 Å². The van der Waals surface area contributed by atoms with Crippen LogP contribution < -0.4 is 0 Å². The number of hydrogen-bond acceptors (Lipinski definition) is 2. The Balaban J connectivity index is 1.80. The standard InChI is InChI=1S/C11H13NO/c1-2-4-10-6-12(5-9(10)3-1)11-7-13-8-11/h1-4,11H,5-8H2. The molecule has 1 aromatic carbocycles. The van der Waals surface area contributed by atoms with Crippen molar-refractivity contribution in [3.63, 3.8) is 0 Å². The Bertz CT molecular complexity index is 295. The van der Waals surface area contributed by atoms with Gasteiger partial charge in [-0.05, 0) is 11.1 Å². The fraction of sp³-hybridized carbons (Fsp3) is 0.455. The van der Waals surface area contributed by atoms with E-state index in [9.17, 15) is 0 Å². The predicted octanol–water partition coefficient (Wildman–Crippen LogP) is 1.40. The van der Waals surface area contributed by atoms with Crippen LogP contribution >= 0.6 is 0 Å². The minimum Gasteiger partial charge on any atom is -0.378 e. The normalized spacial score (nSPS) is 22.8. The van der Waals surface area contributed by atoms with Crippen molar-refractivity contribution in [2.75, 3.05) is 13.2 Å². The maximum absolute atomic E-state index is 5.20. The fourth-order valence-corrected chi connectivity index (χ4v) is 2.05. The summed E-state index contributed by atoms with van der Waals surface area (Å²) in [6.45, 7) is 4.08. The molecule has 68 valence electrons. The van der Waals surface area contributed by atoms with E-state index in [0.717, 1.165) is 26.3 Å². The molecule has 0 amide bonds. The van der Waals surface area contributed by atoms with E-state index in [1.165, 1.54) is 11.1 Å². The molecule has 1 aromatic rings. The first-order valence-electron chi connectivity index (χ1n) is 4.82. The maximum Gasteiger partial charge on any atom is 0.0645 e. The lowest BCUT2D eigenvalue weighted by Crippen LogP contribution is -2.46. The minimum absolute atomic E-state index is 0.674. The smallest absolute Gasteiger partial charge is 0.0645 e. The summed E-state index contributed by atoms with van der Waals surface area (Å²) in [5.74, 6) is 0. The molecule has 13 heavy (non-hydrogen) atoms. The molecule has 2 aliphatic rings. The minimum atomic E-state index is 0.674. The first kappa shape index (κ1) is 7.54. The predicted molar refractivity (Wildman–Crippen MR) is 50.3 cm³/mol. The van der Waals surface area contributed by atoms with Crippen LogP contribution in [-0.4, -0.2) is 24.2 Å². The molecule has 2 aliphatic heterocycles. The van der Waals surface area contributed by atoms with Crippen molar-refractivity contribution in [1.29, 1.82) is 0 Å². The number of hydrogen-bond donors (Lipinski definition) is 0. The van der Waals surface area contributed by atoms with Crippen LogP contribution in [0.3, 0.4) is 0 Å². The molecular formula is C11H13NO. The largest absolute Gasteiger partial charge is 0.378 e. The van der Waals surface area contributed by atoms with E-state index in [0.29, 0.717) is 6.04 Å². The fourth-order valence-electron chi connectivity index (χ4n) is 2.05. The molecule has 1 fully saturated rings. The van der Waals surface area contributed by atoms with Crippen LogP contribution in [0.5, 0.6) is 0 Å². The average Bonchev–Trinajstić information content (AvgIpc) is 2.43. The zero-order chi connectivity index (χ0) is 8.67. The second-order valence-corrected chi connectivity index (χ2v) is 3.86.